The lowest BCUT2D eigenvalue weighted by atomic mass is 10.1. The van der Waals surface area contributed by atoms with Crippen LogP contribution < -0.4 is 10.6 Å². The molecule has 6 nitrogen and oxygen atoms in total. The average Bonchev–Trinajstić information content (AvgIpc) is 2.71. The van der Waals surface area contributed by atoms with E-state index in [1.807, 2.05) is 30.3 Å². The van der Waals surface area contributed by atoms with Gasteiger partial charge in [-0.05, 0) is 43.0 Å². The second kappa shape index (κ2) is 9.43. The minimum atomic E-state index is -0.180. The molecule has 0 saturated carbocycles. The maximum atomic E-state index is 12.4. The van der Waals surface area contributed by atoms with Crippen LogP contribution >= 0.6 is 0 Å². The van der Waals surface area contributed by atoms with Gasteiger partial charge in [0.05, 0.1) is 0 Å². The van der Waals surface area contributed by atoms with Gasteiger partial charge in [-0.15, -0.1) is 0 Å². The SMILES string of the molecule is Cc1nc(NCc2ccncc2)cc(C(=O)NCCCc2ccccc2)n1. The van der Waals surface area contributed by atoms with E-state index < -0.39 is 0 Å². The summed E-state index contributed by atoms with van der Waals surface area (Å²) in [6, 6.07) is 15.8. The second-order valence-corrected chi connectivity index (χ2v) is 6.24. The fourth-order valence-electron chi connectivity index (χ4n) is 2.70. The summed E-state index contributed by atoms with van der Waals surface area (Å²) in [7, 11) is 0. The number of nitrogens with one attached hydrogen (secondary N) is 2. The van der Waals surface area contributed by atoms with Crippen LogP contribution in [0.5, 0.6) is 0 Å². The quantitative estimate of drug-likeness (QED) is 0.603. The Morgan fingerprint density at radius 3 is 2.56 bits per heavy atom. The van der Waals surface area contributed by atoms with Crippen LogP contribution in [-0.2, 0) is 13.0 Å². The molecule has 0 radical (unpaired) electrons. The molecule has 0 atom stereocenters. The summed E-state index contributed by atoms with van der Waals surface area (Å²) in [5.41, 5.74) is 2.74. The van der Waals surface area contributed by atoms with Crippen molar-refractivity contribution < 1.29 is 4.79 Å². The molecule has 0 bridgehead atoms. The lowest BCUT2D eigenvalue weighted by Gasteiger charge is -2.09. The molecule has 0 fully saturated rings. The Kier molecular flexibility index (Phi) is 6.46. The average molecular weight is 361 g/mol. The number of carbonyl (C=O) groups excluding carboxylic acids is 1. The zero-order chi connectivity index (χ0) is 18.9. The molecule has 2 N–H and O–H groups in total. The maximum Gasteiger partial charge on any atom is 0.270 e. The summed E-state index contributed by atoms with van der Waals surface area (Å²) < 4.78 is 0. The first-order valence-corrected chi connectivity index (χ1v) is 9.01. The van der Waals surface area contributed by atoms with E-state index in [4.69, 9.17) is 0 Å². The van der Waals surface area contributed by atoms with Crippen molar-refractivity contribution in [3.8, 4) is 0 Å². The first-order chi connectivity index (χ1) is 13.2. The Bertz CT molecular complexity index is 868. The van der Waals surface area contributed by atoms with E-state index in [2.05, 4.69) is 37.7 Å². The summed E-state index contributed by atoms with van der Waals surface area (Å²) in [5, 5.41) is 6.16. The first-order valence-electron chi connectivity index (χ1n) is 9.01. The third-order valence-corrected chi connectivity index (χ3v) is 4.06. The highest BCUT2D eigenvalue weighted by molar-refractivity contribution is 5.92. The Balaban J connectivity index is 1.52. The van der Waals surface area contributed by atoms with Crippen molar-refractivity contribution in [1.29, 1.82) is 0 Å². The van der Waals surface area contributed by atoms with E-state index >= 15 is 0 Å². The number of nitrogens with zero attached hydrogens (tertiary/aromatic N) is 3. The van der Waals surface area contributed by atoms with Crippen LogP contribution in [0, 0.1) is 6.92 Å². The van der Waals surface area contributed by atoms with Gasteiger partial charge in [-0.25, -0.2) is 9.97 Å². The molecule has 6 heteroatoms. The molecule has 0 aliphatic carbocycles. The smallest absolute Gasteiger partial charge is 0.270 e. The highest BCUT2D eigenvalue weighted by atomic mass is 16.1. The van der Waals surface area contributed by atoms with Crippen LogP contribution in [0.15, 0.2) is 60.9 Å². The third kappa shape index (κ3) is 5.88. The van der Waals surface area contributed by atoms with E-state index in [1.165, 1.54) is 5.56 Å². The van der Waals surface area contributed by atoms with Crippen LogP contribution in [0.25, 0.3) is 0 Å². The Hall–Kier alpha value is -3.28. The molecule has 0 unspecified atom stereocenters. The van der Waals surface area contributed by atoms with Crippen molar-refractivity contribution in [2.24, 2.45) is 0 Å². The number of aromatic nitrogens is 3. The molecule has 138 valence electrons. The molecular weight excluding hydrogens is 338 g/mol. The van der Waals surface area contributed by atoms with Crippen molar-refractivity contribution >= 4 is 11.7 Å². The molecule has 0 aliphatic heterocycles. The zero-order valence-electron chi connectivity index (χ0n) is 15.4. The molecule has 0 aliphatic rings. The largest absolute Gasteiger partial charge is 0.366 e. The summed E-state index contributed by atoms with van der Waals surface area (Å²) >= 11 is 0. The van der Waals surface area contributed by atoms with Gasteiger partial charge in [0, 0.05) is 31.5 Å². The lowest BCUT2D eigenvalue weighted by Crippen LogP contribution is -2.26. The van der Waals surface area contributed by atoms with Crippen LogP contribution in [0.4, 0.5) is 5.82 Å². The fourth-order valence-corrected chi connectivity index (χ4v) is 2.70. The van der Waals surface area contributed by atoms with Crippen LogP contribution in [0.1, 0.15) is 33.9 Å². The van der Waals surface area contributed by atoms with Gasteiger partial charge in [0.15, 0.2) is 0 Å². The topological polar surface area (TPSA) is 79.8 Å². The molecule has 3 rings (SSSR count). The summed E-state index contributed by atoms with van der Waals surface area (Å²) in [6.07, 6.45) is 5.31. The van der Waals surface area contributed by atoms with E-state index in [9.17, 15) is 4.79 Å². The third-order valence-electron chi connectivity index (χ3n) is 4.06. The molecule has 2 aromatic heterocycles. The number of hydrogen-bond donors (Lipinski definition) is 2. The monoisotopic (exact) mass is 361 g/mol. The van der Waals surface area contributed by atoms with E-state index in [-0.39, 0.29) is 5.91 Å². The number of amides is 1. The van der Waals surface area contributed by atoms with E-state index in [0.717, 1.165) is 18.4 Å². The minimum absolute atomic E-state index is 0.180. The summed E-state index contributed by atoms with van der Waals surface area (Å²) in [5.74, 6) is 1.01. The number of hydrogen-bond acceptors (Lipinski definition) is 5. The predicted molar refractivity (Wildman–Crippen MR) is 105 cm³/mol. The van der Waals surface area contributed by atoms with Gasteiger partial charge in [0.1, 0.15) is 17.3 Å². The van der Waals surface area contributed by atoms with Crippen molar-refractivity contribution in [2.75, 3.05) is 11.9 Å². The van der Waals surface area contributed by atoms with Gasteiger partial charge in [0.25, 0.3) is 5.91 Å². The van der Waals surface area contributed by atoms with Crippen LogP contribution in [-0.4, -0.2) is 27.4 Å². The number of carbonyl (C=O) groups is 1. The lowest BCUT2D eigenvalue weighted by molar-refractivity contribution is 0.0948. The fraction of sp³-hybridized carbons (Fsp3) is 0.238. The van der Waals surface area contributed by atoms with Gasteiger partial charge in [0.2, 0.25) is 0 Å². The number of aryl methyl sites for hydroxylation is 2. The molecule has 0 saturated heterocycles. The van der Waals surface area contributed by atoms with Crippen LogP contribution in [0.2, 0.25) is 0 Å². The van der Waals surface area contributed by atoms with Crippen molar-refractivity contribution in [3.05, 3.63) is 83.6 Å². The predicted octanol–water partition coefficient (Wildman–Crippen LogP) is 3.15. The second-order valence-electron chi connectivity index (χ2n) is 6.24. The molecular formula is C21H23N5O. The highest BCUT2D eigenvalue weighted by Gasteiger charge is 2.10. The molecule has 0 spiro atoms. The number of benzene rings is 1. The van der Waals surface area contributed by atoms with Crippen molar-refractivity contribution in [1.82, 2.24) is 20.3 Å². The minimum Gasteiger partial charge on any atom is -0.366 e. The van der Waals surface area contributed by atoms with Gasteiger partial charge in [-0.1, -0.05) is 30.3 Å². The molecule has 1 amide bonds. The van der Waals surface area contributed by atoms with E-state index in [1.54, 1.807) is 25.4 Å². The Morgan fingerprint density at radius 2 is 1.78 bits per heavy atom. The highest BCUT2D eigenvalue weighted by Crippen LogP contribution is 2.09. The van der Waals surface area contributed by atoms with Crippen LogP contribution in [0.3, 0.4) is 0 Å². The summed E-state index contributed by atoms with van der Waals surface area (Å²) in [6.45, 7) is 3.00. The van der Waals surface area contributed by atoms with E-state index in [0.29, 0.717) is 30.4 Å². The molecule has 1 aromatic carbocycles. The zero-order valence-corrected chi connectivity index (χ0v) is 15.4. The van der Waals surface area contributed by atoms with Crippen molar-refractivity contribution in [2.45, 2.75) is 26.3 Å². The first kappa shape index (κ1) is 18.5. The van der Waals surface area contributed by atoms with Gasteiger partial charge in [-0.3, -0.25) is 9.78 Å². The molecule has 27 heavy (non-hydrogen) atoms. The molecule has 3 aromatic rings. The number of pyridine rings is 1. The Labute approximate surface area is 159 Å². The van der Waals surface area contributed by atoms with Gasteiger partial charge < -0.3 is 10.6 Å². The van der Waals surface area contributed by atoms with Crippen molar-refractivity contribution in [3.63, 3.8) is 0 Å². The maximum absolute atomic E-state index is 12.4. The summed E-state index contributed by atoms with van der Waals surface area (Å²) in [4.78, 5) is 25.0. The molecule has 2 heterocycles. The normalized spacial score (nSPS) is 10.4. The number of rotatable bonds is 8. The van der Waals surface area contributed by atoms with Gasteiger partial charge in [-0.2, -0.15) is 0 Å². The van der Waals surface area contributed by atoms with Gasteiger partial charge >= 0.3 is 0 Å². The standard InChI is InChI=1S/C21H23N5O/c1-16-25-19(14-20(26-16)24-15-18-9-12-22-13-10-18)21(27)23-11-5-8-17-6-3-2-4-7-17/h2-4,6-7,9-10,12-14H,5,8,11,15H2,1H3,(H,23,27)(H,24,25,26). The Morgan fingerprint density at radius 1 is 1.00 bits per heavy atom. The number of anilines is 1.